The van der Waals surface area contributed by atoms with Gasteiger partial charge in [0.15, 0.2) is 0 Å². The van der Waals surface area contributed by atoms with Crippen LogP contribution in [0.3, 0.4) is 0 Å². The number of carbonyl (C=O) groups excluding carboxylic acids is 4. The molecular weight excluding hydrogens is 620 g/mol. The van der Waals surface area contributed by atoms with Crippen LogP contribution >= 0.6 is 15.9 Å². The van der Waals surface area contributed by atoms with Gasteiger partial charge in [0, 0.05) is 35.0 Å². The molecule has 218 valence electrons. The Morgan fingerprint density at radius 1 is 0.773 bits per heavy atom. The van der Waals surface area contributed by atoms with Crippen LogP contribution in [0, 0.1) is 24.7 Å². The highest BCUT2D eigenvalue weighted by Crippen LogP contribution is 2.61. The van der Waals surface area contributed by atoms with Gasteiger partial charge in [0.25, 0.3) is 0 Å². The third kappa shape index (κ3) is 3.93. The number of imide groups is 1. The van der Waals surface area contributed by atoms with Crippen molar-refractivity contribution in [3.63, 3.8) is 0 Å². The molecule has 0 aromatic heterocycles. The van der Waals surface area contributed by atoms with Gasteiger partial charge in [-0.25, -0.2) is 4.90 Å². The quantitative estimate of drug-likeness (QED) is 0.152. The molecule has 9 rings (SSSR count). The second-order valence-electron chi connectivity index (χ2n) is 12.0. The van der Waals surface area contributed by atoms with Crippen LogP contribution in [0.4, 0.5) is 11.4 Å². The fraction of sp³-hybridized carbons (Fsp3) is 0.222. The van der Waals surface area contributed by atoms with Crippen LogP contribution in [0.15, 0.2) is 95.5 Å². The van der Waals surface area contributed by atoms with Gasteiger partial charge in [-0.15, -0.1) is 0 Å². The molecule has 44 heavy (non-hydrogen) atoms. The lowest BCUT2D eigenvalue weighted by Gasteiger charge is -2.45. The molecule has 2 fully saturated rings. The highest BCUT2D eigenvalue weighted by Gasteiger charge is 2.61. The summed E-state index contributed by atoms with van der Waals surface area (Å²) in [4.78, 5) is 57.0. The number of halogens is 1. The van der Waals surface area contributed by atoms with E-state index in [2.05, 4.69) is 40.2 Å². The van der Waals surface area contributed by atoms with Crippen molar-refractivity contribution >= 4 is 51.0 Å². The lowest BCUT2D eigenvalue weighted by Crippen LogP contribution is -2.41. The van der Waals surface area contributed by atoms with Gasteiger partial charge >= 0.3 is 5.97 Å². The maximum absolute atomic E-state index is 14.1. The Morgan fingerprint density at radius 3 is 1.84 bits per heavy atom. The Bertz CT molecular complexity index is 1790. The average Bonchev–Trinajstić information content (AvgIpc) is 3.55. The van der Waals surface area contributed by atoms with Crippen molar-refractivity contribution in [2.45, 2.75) is 25.2 Å². The van der Waals surface area contributed by atoms with E-state index in [0.717, 1.165) is 32.4 Å². The topological polar surface area (TPSA) is 84.0 Å². The first-order chi connectivity index (χ1) is 21.3. The van der Waals surface area contributed by atoms with Crippen molar-refractivity contribution in [1.29, 1.82) is 0 Å². The summed E-state index contributed by atoms with van der Waals surface area (Å²) in [6.07, 6.45) is 0.0681. The van der Waals surface area contributed by atoms with Gasteiger partial charge in [0.1, 0.15) is 5.75 Å². The molecule has 2 heterocycles. The zero-order chi connectivity index (χ0) is 30.3. The van der Waals surface area contributed by atoms with E-state index in [1.54, 1.807) is 23.1 Å². The summed E-state index contributed by atoms with van der Waals surface area (Å²) in [5.41, 5.74) is 6.39. The predicted molar refractivity (Wildman–Crippen MR) is 167 cm³/mol. The van der Waals surface area contributed by atoms with Crippen LogP contribution in [-0.4, -0.2) is 30.2 Å². The molecule has 3 atom stereocenters. The highest BCUT2D eigenvalue weighted by molar-refractivity contribution is 9.10. The molecule has 0 spiro atoms. The monoisotopic (exact) mass is 646 g/mol. The molecule has 0 saturated carbocycles. The third-order valence-electron chi connectivity index (χ3n) is 9.67. The maximum atomic E-state index is 14.1. The number of esters is 1. The standard InChI is InChI=1S/C36H27BrN2O5/c1-19-16-23(44-36(43)20-17-29(40)38(18-20)22-12-10-21(37)11-13-22)14-15-28(19)39-34(41)32-30-24-6-2-3-7-25(24)31(33(32)35(39)42)27-9-5-4-8-26(27)30/h2-16,20,30-33H,17-18H2,1H3/t20-,30?,31?,32-,33+/m0/s1. The van der Waals surface area contributed by atoms with Gasteiger partial charge in [0.2, 0.25) is 17.7 Å². The number of hydrogen-bond donors (Lipinski definition) is 0. The van der Waals surface area contributed by atoms with E-state index in [4.69, 9.17) is 4.74 Å². The van der Waals surface area contributed by atoms with Gasteiger partial charge in [0.05, 0.1) is 23.4 Å². The number of aryl methyl sites for hydroxylation is 1. The van der Waals surface area contributed by atoms with E-state index in [1.165, 1.54) is 4.90 Å². The molecule has 8 heteroatoms. The van der Waals surface area contributed by atoms with Crippen molar-refractivity contribution in [3.05, 3.63) is 123 Å². The Morgan fingerprint density at radius 2 is 1.32 bits per heavy atom. The number of nitrogens with zero attached hydrogens (tertiary/aromatic N) is 2. The van der Waals surface area contributed by atoms with Gasteiger partial charge in [-0.3, -0.25) is 19.2 Å². The first kappa shape index (κ1) is 27.0. The number of rotatable bonds is 4. The zero-order valence-electron chi connectivity index (χ0n) is 23.8. The number of hydrogen-bond acceptors (Lipinski definition) is 5. The number of amides is 3. The normalized spacial score (nSPS) is 24.8. The van der Waals surface area contributed by atoms with Crippen LogP contribution in [0.25, 0.3) is 0 Å². The molecule has 2 bridgehead atoms. The zero-order valence-corrected chi connectivity index (χ0v) is 25.4. The molecule has 0 unspecified atom stereocenters. The van der Waals surface area contributed by atoms with Crippen molar-refractivity contribution in [3.8, 4) is 5.75 Å². The first-order valence-corrected chi connectivity index (χ1v) is 15.5. The van der Waals surface area contributed by atoms with Gasteiger partial charge in [-0.05, 0) is 77.2 Å². The molecule has 7 nitrogen and oxygen atoms in total. The van der Waals surface area contributed by atoms with E-state index < -0.39 is 23.7 Å². The fourth-order valence-electron chi connectivity index (χ4n) is 7.79. The minimum Gasteiger partial charge on any atom is -0.426 e. The second-order valence-corrected chi connectivity index (χ2v) is 12.9. The van der Waals surface area contributed by atoms with Gasteiger partial charge in [-0.2, -0.15) is 0 Å². The lowest BCUT2D eigenvalue weighted by molar-refractivity contribution is -0.139. The summed E-state index contributed by atoms with van der Waals surface area (Å²) in [6, 6.07) is 28.7. The van der Waals surface area contributed by atoms with Gasteiger partial charge < -0.3 is 9.64 Å². The molecule has 2 aliphatic heterocycles. The van der Waals surface area contributed by atoms with Crippen molar-refractivity contribution in [2.75, 3.05) is 16.3 Å². The van der Waals surface area contributed by atoms with Crippen LogP contribution in [0.2, 0.25) is 0 Å². The minimum atomic E-state index is -0.602. The smallest absolute Gasteiger partial charge is 0.316 e. The van der Waals surface area contributed by atoms with E-state index in [9.17, 15) is 19.2 Å². The molecule has 3 amide bonds. The Hall–Kier alpha value is -4.56. The fourth-order valence-corrected chi connectivity index (χ4v) is 8.06. The van der Waals surface area contributed by atoms with Crippen LogP contribution in [0.5, 0.6) is 5.75 Å². The molecule has 4 aromatic carbocycles. The molecule has 0 N–H and O–H groups in total. The van der Waals surface area contributed by atoms with E-state index in [0.29, 0.717) is 17.0 Å². The summed E-state index contributed by atoms with van der Waals surface area (Å²) in [5.74, 6) is -2.59. The van der Waals surface area contributed by atoms with Crippen LogP contribution in [0.1, 0.15) is 46.1 Å². The average molecular weight is 648 g/mol. The summed E-state index contributed by atoms with van der Waals surface area (Å²) in [7, 11) is 0. The Balaban J connectivity index is 1.04. The summed E-state index contributed by atoms with van der Waals surface area (Å²) >= 11 is 3.40. The van der Waals surface area contributed by atoms with Crippen molar-refractivity contribution < 1.29 is 23.9 Å². The van der Waals surface area contributed by atoms with Crippen LogP contribution in [-0.2, 0) is 19.2 Å². The molecule has 5 aliphatic rings. The highest BCUT2D eigenvalue weighted by atomic mass is 79.9. The molecule has 4 aromatic rings. The van der Waals surface area contributed by atoms with E-state index in [1.807, 2.05) is 55.5 Å². The third-order valence-corrected chi connectivity index (χ3v) is 10.2. The Labute approximate surface area is 262 Å². The molecular formula is C36H27BrN2O5. The lowest BCUT2D eigenvalue weighted by atomic mass is 9.55. The van der Waals surface area contributed by atoms with E-state index in [-0.39, 0.29) is 42.5 Å². The van der Waals surface area contributed by atoms with Crippen molar-refractivity contribution in [2.24, 2.45) is 17.8 Å². The van der Waals surface area contributed by atoms with Crippen molar-refractivity contribution in [1.82, 2.24) is 0 Å². The predicted octanol–water partition coefficient (Wildman–Crippen LogP) is 6.11. The first-order valence-electron chi connectivity index (χ1n) is 14.8. The number of carbonyl (C=O) groups is 4. The maximum Gasteiger partial charge on any atom is 0.316 e. The number of benzene rings is 4. The number of ether oxygens (including phenoxy) is 1. The van der Waals surface area contributed by atoms with Crippen LogP contribution < -0.4 is 14.5 Å². The molecule has 3 aliphatic carbocycles. The molecule has 0 radical (unpaired) electrons. The second kappa shape index (κ2) is 9.99. The Kier molecular flexibility index (Phi) is 6.14. The van der Waals surface area contributed by atoms with E-state index >= 15 is 0 Å². The SMILES string of the molecule is Cc1cc(OC(=O)[C@H]2CC(=O)N(c3ccc(Br)cc3)C2)ccc1N1C(=O)[C@@H]2C3c4ccccc4C(c4ccccc43)[C@@H]2C1=O. The largest absolute Gasteiger partial charge is 0.426 e. The minimum absolute atomic E-state index is 0.0681. The molecule has 2 saturated heterocycles. The number of anilines is 2. The summed E-state index contributed by atoms with van der Waals surface area (Å²) < 4.78 is 6.62. The summed E-state index contributed by atoms with van der Waals surface area (Å²) in [6.45, 7) is 2.05. The van der Waals surface area contributed by atoms with Gasteiger partial charge in [-0.1, -0.05) is 64.5 Å². The summed E-state index contributed by atoms with van der Waals surface area (Å²) in [5, 5.41) is 0.